The van der Waals surface area contributed by atoms with Crippen molar-refractivity contribution in [1.82, 2.24) is 5.43 Å². The number of hydrogen-bond acceptors (Lipinski definition) is 8. The number of benzene rings is 3. The van der Waals surface area contributed by atoms with Crippen molar-refractivity contribution in [3.8, 4) is 23.0 Å². The number of carbonyl (C=O) groups excluding carboxylic acids is 1. The Labute approximate surface area is 217 Å². The Kier molecular flexibility index (Phi) is 8.78. The minimum atomic E-state index is -4.15. The number of hydrogen-bond donors (Lipinski definition) is 2. The average Bonchev–Trinajstić information content (AvgIpc) is 2.89. The standard InChI is InChI=1S/C24H24BrN3O7S/c1-33-17-9-10-20(21(13-17)34-2)28(36(31,32)18-7-5-4-6-8-18)15-23(29)27-26-14-16-11-19(25)24(30)22(12-16)35-3/h4-14,30H,15H2,1-3H3,(H,27,29). The molecule has 0 aromatic heterocycles. The van der Waals surface area contributed by atoms with E-state index in [0.717, 1.165) is 4.31 Å². The number of nitrogens with one attached hydrogen (secondary N) is 1. The topological polar surface area (TPSA) is 127 Å². The van der Waals surface area contributed by atoms with Crippen LogP contribution in [0.15, 0.2) is 75.1 Å². The molecule has 3 rings (SSSR count). The number of amides is 1. The number of halogens is 1. The summed E-state index contributed by atoms with van der Waals surface area (Å²) in [5.41, 5.74) is 2.99. The highest BCUT2D eigenvalue weighted by Gasteiger charge is 2.29. The average molecular weight is 578 g/mol. The third kappa shape index (κ3) is 6.07. The summed E-state index contributed by atoms with van der Waals surface area (Å²) in [6, 6.07) is 15.4. The molecule has 2 N–H and O–H groups in total. The van der Waals surface area contributed by atoms with Crippen LogP contribution in [0, 0.1) is 0 Å². The molecule has 0 fully saturated rings. The third-order valence-electron chi connectivity index (χ3n) is 4.95. The summed E-state index contributed by atoms with van der Waals surface area (Å²) >= 11 is 3.21. The van der Waals surface area contributed by atoms with Crippen molar-refractivity contribution >= 4 is 43.8 Å². The minimum Gasteiger partial charge on any atom is -0.503 e. The summed E-state index contributed by atoms with van der Waals surface area (Å²) in [5.74, 6) is 0.0922. The molecular weight excluding hydrogens is 554 g/mol. The van der Waals surface area contributed by atoms with Gasteiger partial charge in [-0.2, -0.15) is 5.10 Å². The lowest BCUT2D eigenvalue weighted by atomic mass is 10.2. The Morgan fingerprint density at radius 1 is 1.03 bits per heavy atom. The maximum Gasteiger partial charge on any atom is 0.264 e. The number of carbonyl (C=O) groups is 1. The number of rotatable bonds is 10. The largest absolute Gasteiger partial charge is 0.503 e. The van der Waals surface area contributed by atoms with Gasteiger partial charge in [-0.05, 0) is 57.9 Å². The molecule has 10 nitrogen and oxygen atoms in total. The summed E-state index contributed by atoms with van der Waals surface area (Å²) in [4.78, 5) is 12.8. The first kappa shape index (κ1) is 26.8. The van der Waals surface area contributed by atoms with Gasteiger partial charge in [-0.25, -0.2) is 13.8 Å². The van der Waals surface area contributed by atoms with Crippen LogP contribution in [0.5, 0.6) is 23.0 Å². The molecule has 3 aromatic rings. The maximum atomic E-state index is 13.5. The molecule has 0 bridgehead atoms. The third-order valence-corrected chi connectivity index (χ3v) is 7.33. The van der Waals surface area contributed by atoms with E-state index in [1.807, 2.05) is 0 Å². The smallest absolute Gasteiger partial charge is 0.264 e. The fraction of sp³-hybridized carbons (Fsp3) is 0.167. The second kappa shape index (κ2) is 11.8. The molecule has 1 amide bonds. The van der Waals surface area contributed by atoms with Crippen LogP contribution in [0.1, 0.15) is 5.56 Å². The molecule has 0 aliphatic carbocycles. The summed E-state index contributed by atoms with van der Waals surface area (Å²) in [5, 5.41) is 13.8. The Hall–Kier alpha value is -3.77. The fourth-order valence-electron chi connectivity index (χ4n) is 3.18. The molecule has 190 valence electrons. The molecule has 36 heavy (non-hydrogen) atoms. The summed E-state index contributed by atoms with van der Waals surface area (Å²) in [7, 11) is 0.115. The quantitative estimate of drug-likeness (QED) is 0.279. The zero-order valence-corrected chi connectivity index (χ0v) is 22.0. The van der Waals surface area contributed by atoms with Gasteiger partial charge in [0.05, 0.1) is 42.6 Å². The van der Waals surface area contributed by atoms with E-state index >= 15 is 0 Å². The fourth-order valence-corrected chi connectivity index (χ4v) is 5.09. The number of aromatic hydroxyl groups is 1. The normalized spacial score (nSPS) is 11.2. The molecule has 0 unspecified atom stereocenters. The van der Waals surface area contributed by atoms with Crippen molar-refractivity contribution in [3.05, 3.63) is 70.7 Å². The molecule has 0 aliphatic heterocycles. The Morgan fingerprint density at radius 3 is 2.36 bits per heavy atom. The minimum absolute atomic E-state index is 0.000195. The van der Waals surface area contributed by atoms with Crippen LogP contribution in [0.4, 0.5) is 5.69 Å². The monoisotopic (exact) mass is 577 g/mol. The van der Waals surface area contributed by atoms with E-state index in [2.05, 4.69) is 26.5 Å². The van der Waals surface area contributed by atoms with Crippen LogP contribution < -0.4 is 23.9 Å². The van der Waals surface area contributed by atoms with Gasteiger partial charge < -0.3 is 19.3 Å². The van der Waals surface area contributed by atoms with Crippen molar-refractivity contribution in [2.75, 3.05) is 32.2 Å². The van der Waals surface area contributed by atoms with Gasteiger partial charge in [0.15, 0.2) is 11.5 Å². The Balaban J connectivity index is 1.91. The molecule has 12 heteroatoms. The lowest BCUT2D eigenvalue weighted by Gasteiger charge is -2.25. The van der Waals surface area contributed by atoms with Gasteiger partial charge in [0.1, 0.15) is 18.0 Å². The van der Waals surface area contributed by atoms with Gasteiger partial charge in [-0.3, -0.25) is 9.10 Å². The van der Waals surface area contributed by atoms with Crippen molar-refractivity contribution < 1.29 is 32.5 Å². The van der Waals surface area contributed by atoms with Crippen LogP contribution in [0.25, 0.3) is 0 Å². The van der Waals surface area contributed by atoms with E-state index in [0.29, 0.717) is 15.8 Å². The molecule has 0 aliphatic rings. The lowest BCUT2D eigenvalue weighted by molar-refractivity contribution is -0.119. The highest BCUT2D eigenvalue weighted by Crippen LogP contribution is 2.36. The van der Waals surface area contributed by atoms with Crippen LogP contribution >= 0.6 is 15.9 Å². The van der Waals surface area contributed by atoms with E-state index in [9.17, 15) is 18.3 Å². The molecule has 0 radical (unpaired) electrons. The molecule has 0 saturated carbocycles. The molecule has 0 heterocycles. The second-order valence-electron chi connectivity index (χ2n) is 7.21. The summed E-state index contributed by atoms with van der Waals surface area (Å²) < 4.78 is 44.0. The van der Waals surface area contributed by atoms with Gasteiger partial charge in [0.2, 0.25) is 0 Å². The zero-order valence-electron chi connectivity index (χ0n) is 19.6. The highest BCUT2D eigenvalue weighted by molar-refractivity contribution is 9.10. The molecule has 0 spiro atoms. The number of ether oxygens (including phenoxy) is 3. The zero-order chi connectivity index (χ0) is 26.3. The van der Waals surface area contributed by atoms with Crippen molar-refractivity contribution in [3.63, 3.8) is 0 Å². The van der Waals surface area contributed by atoms with Crippen LogP contribution in [0.2, 0.25) is 0 Å². The first-order valence-corrected chi connectivity index (χ1v) is 12.6. The number of methoxy groups -OCH3 is 3. The first-order chi connectivity index (χ1) is 17.2. The molecule has 0 atom stereocenters. The van der Waals surface area contributed by atoms with E-state index in [1.54, 1.807) is 30.3 Å². The van der Waals surface area contributed by atoms with E-state index in [-0.39, 0.29) is 27.8 Å². The van der Waals surface area contributed by atoms with Gasteiger partial charge in [0.25, 0.3) is 15.9 Å². The number of sulfonamides is 1. The summed E-state index contributed by atoms with van der Waals surface area (Å²) in [6.45, 7) is -0.583. The molecular formula is C24H24BrN3O7S. The number of phenols is 1. The first-order valence-electron chi connectivity index (χ1n) is 10.4. The van der Waals surface area contributed by atoms with Gasteiger partial charge in [-0.1, -0.05) is 18.2 Å². The van der Waals surface area contributed by atoms with Crippen molar-refractivity contribution in [1.29, 1.82) is 0 Å². The van der Waals surface area contributed by atoms with Crippen LogP contribution in [-0.2, 0) is 14.8 Å². The van der Waals surface area contributed by atoms with Crippen molar-refractivity contribution in [2.45, 2.75) is 4.90 Å². The summed E-state index contributed by atoms with van der Waals surface area (Å²) in [6.07, 6.45) is 1.33. The van der Waals surface area contributed by atoms with Crippen molar-refractivity contribution in [2.24, 2.45) is 5.10 Å². The van der Waals surface area contributed by atoms with Gasteiger partial charge >= 0.3 is 0 Å². The van der Waals surface area contributed by atoms with Crippen LogP contribution in [0.3, 0.4) is 0 Å². The highest BCUT2D eigenvalue weighted by atomic mass is 79.9. The lowest BCUT2D eigenvalue weighted by Crippen LogP contribution is -2.39. The van der Waals surface area contributed by atoms with E-state index < -0.39 is 22.5 Å². The van der Waals surface area contributed by atoms with Gasteiger partial charge in [0, 0.05) is 6.07 Å². The van der Waals surface area contributed by atoms with E-state index in [1.165, 1.54) is 57.9 Å². The second-order valence-corrected chi connectivity index (χ2v) is 9.93. The van der Waals surface area contributed by atoms with E-state index in [4.69, 9.17) is 14.2 Å². The number of phenolic OH excluding ortho intramolecular Hbond substituents is 1. The Bertz CT molecular complexity index is 1370. The molecule has 3 aromatic carbocycles. The molecule has 0 saturated heterocycles. The SMILES string of the molecule is COc1ccc(N(CC(=O)NN=Cc2cc(Br)c(O)c(OC)c2)S(=O)(=O)c2ccccc2)c(OC)c1. The maximum absolute atomic E-state index is 13.5. The van der Waals surface area contributed by atoms with Gasteiger partial charge in [-0.15, -0.1) is 0 Å². The van der Waals surface area contributed by atoms with Crippen LogP contribution in [-0.4, -0.2) is 53.5 Å². The number of anilines is 1. The predicted molar refractivity (Wildman–Crippen MR) is 139 cm³/mol. The Morgan fingerprint density at radius 2 is 1.72 bits per heavy atom. The predicted octanol–water partition coefficient (Wildman–Crippen LogP) is 3.53. The number of nitrogens with zero attached hydrogens (tertiary/aromatic N) is 2. The number of hydrazone groups is 1.